The highest BCUT2D eigenvalue weighted by molar-refractivity contribution is 8.25. The number of hydrogen-bond acceptors (Lipinski definition) is 3. The Labute approximate surface area is 222 Å². The number of benzene rings is 2. The van der Waals surface area contributed by atoms with Crippen molar-refractivity contribution in [2.75, 3.05) is 6.26 Å². The smallest absolute Gasteiger partial charge is 0.124 e. The van der Waals surface area contributed by atoms with Crippen LogP contribution in [0.1, 0.15) is 18.1 Å². The van der Waals surface area contributed by atoms with Crippen molar-refractivity contribution in [3.63, 3.8) is 0 Å². The van der Waals surface area contributed by atoms with Crippen molar-refractivity contribution in [2.45, 2.75) is 13.5 Å². The topological polar surface area (TPSA) is 69.4 Å². The van der Waals surface area contributed by atoms with Gasteiger partial charge in [-0.25, -0.2) is 4.39 Å². The Balaban J connectivity index is 1.59. The van der Waals surface area contributed by atoms with Crippen LogP contribution in [0.15, 0.2) is 85.6 Å². The van der Waals surface area contributed by atoms with Crippen molar-refractivity contribution < 1.29 is 4.39 Å². The molecule has 3 heterocycles. The Morgan fingerprint density at radius 2 is 1.87 bits per heavy atom. The molecule has 3 N–H and O–H groups in total. The minimum absolute atomic E-state index is 0.310. The highest BCUT2D eigenvalue weighted by Gasteiger charge is 2.16. The van der Waals surface area contributed by atoms with E-state index in [2.05, 4.69) is 61.4 Å². The fourth-order valence-electron chi connectivity index (χ4n) is 4.49. The molecule has 0 radical (unpaired) electrons. The molecule has 5 nitrogen and oxygen atoms in total. The molecule has 2 aromatic carbocycles. The van der Waals surface area contributed by atoms with Gasteiger partial charge in [0, 0.05) is 34.6 Å². The van der Waals surface area contributed by atoms with Crippen LogP contribution in [0.3, 0.4) is 0 Å². The van der Waals surface area contributed by atoms with Crippen molar-refractivity contribution in [1.29, 1.82) is 0 Å². The summed E-state index contributed by atoms with van der Waals surface area (Å²) in [5.41, 5.74) is 7.92. The monoisotopic (exact) mass is 523 g/mol. The summed E-state index contributed by atoms with van der Waals surface area (Å²) in [6, 6.07) is 15.2. The molecule has 5 aromatic rings. The van der Waals surface area contributed by atoms with Crippen LogP contribution in [0.25, 0.3) is 50.0 Å². The SMILES string of the molecule is C=C/C=C\C(=C/C)c1ccc2[nH]nc(-c3cc4c(-c5cc(F)cc(CNS(=C)(=C)C)c5)nccc4[nH]3)c2c1. The lowest BCUT2D eigenvalue weighted by Gasteiger charge is -2.12. The van der Waals surface area contributed by atoms with Gasteiger partial charge in [0.2, 0.25) is 0 Å². The highest BCUT2D eigenvalue weighted by atomic mass is 32.2. The van der Waals surface area contributed by atoms with Gasteiger partial charge in [0.15, 0.2) is 0 Å². The number of rotatable bonds is 8. The number of halogens is 1. The van der Waals surface area contributed by atoms with Gasteiger partial charge in [-0.1, -0.05) is 48.7 Å². The Morgan fingerprint density at radius 3 is 2.63 bits per heavy atom. The molecule has 0 spiro atoms. The Bertz CT molecular complexity index is 1840. The molecule has 0 saturated carbocycles. The van der Waals surface area contributed by atoms with Gasteiger partial charge in [-0.3, -0.25) is 14.8 Å². The van der Waals surface area contributed by atoms with Crippen LogP contribution in [0.5, 0.6) is 0 Å². The van der Waals surface area contributed by atoms with Crippen LogP contribution in [0.2, 0.25) is 0 Å². The third-order valence-electron chi connectivity index (χ3n) is 6.28. The molecule has 0 saturated heterocycles. The number of aromatic amines is 2. The van der Waals surface area contributed by atoms with Crippen molar-refractivity contribution in [3.05, 3.63) is 103 Å². The van der Waals surface area contributed by atoms with E-state index < -0.39 is 9.39 Å². The largest absolute Gasteiger partial charge is 0.353 e. The zero-order chi connectivity index (χ0) is 26.9. The summed E-state index contributed by atoms with van der Waals surface area (Å²) in [7, 11) is -1.42. The van der Waals surface area contributed by atoms with Gasteiger partial charge >= 0.3 is 0 Å². The number of H-pyrrole nitrogens is 2. The molecule has 0 aliphatic heterocycles. The number of fused-ring (bicyclic) bond motifs is 2. The van der Waals surface area contributed by atoms with Crippen molar-refractivity contribution >= 4 is 48.5 Å². The van der Waals surface area contributed by atoms with Gasteiger partial charge in [0.1, 0.15) is 11.5 Å². The van der Waals surface area contributed by atoms with Crippen molar-refractivity contribution in [1.82, 2.24) is 24.9 Å². The van der Waals surface area contributed by atoms with E-state index in [1.807, 2.05) is 49.6 Å². The summed E-state index contributed by atoms with van der Waals surface area (Å²) in [4.78, 5) is 8.11. The normalized spacial score (nSPS) is 12.7. The van der Waals surface area contributed by atoms with Crippen LogP contribution in [-0.2, 0) is 6.54 Å². The van der Waals surface area contributed by atoms with Gasteiger partial charge in [0.05, 0.1) is 16.9 Å². The second kappa shape index (κ2) is 10.3. The summed E-state index contributed by atoms with van der Waals surface area (Å²) in [5, 5.41) is 9.66. The first kappa shape index (κ1) is 25.4. The first-order valence-corrected chi connectivity index (χ1v) is 14.5. The number of aromatic nitrogens is 4. The van der Waals surface area contributed by atoms with E-state index in [0.717, 1.165) is 49.9 Å². The summed E-state index contributed by atoms with van der Waals surface area (Å²) >= 11 is 0. The average Bonchev–Trinajstić information content (AvgIpc) is 3.51. The molecule has 7 heteroatoms. The van der Waals surface area contributed by atoms with Gasteiger partial charge in [0.25, 0.3) is 0 Å². The first-order valence-electron chi connectivity index (χ1n) is 12.2. The summed E-state index contributed by atoms with van der Waals surface area (Å²) in [5.74, 6) is 7.78. The molecule has 0 fully saturated rings. The maximum absolute atomic E-state index is 14.6. The van der Waals surface area contributed by atoms with E-state index in [9.17, 15) is 4.39 Å². The standard InChI is InChI=1S/C31H30FN5S/c1-6-8-9-21(7-2)22-10-11-28-25(17-22)31(37-36-28)29-18-26-27(35-29)12-13-33-30(26)23-14-20(15-24(32)16-23)19-34-38(3,4)5/h6-18,34-35H,1,3-4,19H2,2,5H3,(H,36,37)/b9-8-,21-7+. The number of allylic oxidation sites excluding steroid dienone is 5. The maximum atomic E-state index is 14.6. The Hall–Kier alpha value is -4.20. The first-order chi connectivity index (χ1) is 18.3. The second-order valence-corrected chi connectivity index (χ2v) is 12.3. The zero-order valence-electron chi connectivity index (χ0n) is 21.5. The molecule has 0 amide bonds. The molecule has 0 unspecified atom stereocenters. The van der Waals surface area contributed by atoms with Crippen molar-refractivity contribution in [2.24, 2.45) is 0 Å². The van der Waals surface area contributed by atoms with E-state index in [1.165, 1.54) is 12.1 Å². The van der Waals surface area contributed by atoms with Gasteiger partial charge in [-0.2, -0.15) is 14.5 Å². The molecule has 0 aliphatic carbocycles. The number of pyridine rings is 1. The molecule has 5 rings (SSSR count). The molecule has 0 aliphatic rings. The lowest BCUT2D eigenvalue weighted by molar-refractivity contribution is 0.625. The van der Waals surface area contributed by atoms with E-state index in [1.54, 1.807) is 12.3 Å². The van der Waals surface area contributed by atoms with Crippen molar-refractivity contribution in [3.8, 4) is 22.6 Å². The predicted octanol–water partition coefficient (Wildman–Crippen LogP) is 7.36. The Kier molecular flexibility index (Phi) is 6.89. The van der Waals surface area contributed by atoms with Crippen LogP contribution < -0.4 is 4.72 Å². The highest BCUT2D eigenvalue weighted by Crippen LogP contribution is 2.34. The predicted molar refractivity (Wildman–Crippen MR) is 164 cm³/mol. The minimum Gasteiger partial charge on any atom is -0.353 e. The fourth-order valence-corrected chi connectivity index (χ4v) is 5.00. The van der Waals surface area contributed by atoms with Gasteiger partial charge in [-0.15, -0.1) is 0 Å². The summed E-state index contributed by atoms with van der Waals surface area (Å²) < 4.78 is 17.9. The van der Waals surface area contributed by atoms with E-state index in [-0.39, 0.29) is 5.82 Å². The maximum Gasteiger partial charge on any atom is 0.124 e. The Morgan fingerprint density at radius 1 is 1.05 bits per heavy atom. The molecule has 38 heavy (non-hydrogen) atoms. The van der Waals surface area contributed by atoms with E-state index in [0.29, 0.717) is 17.8 Å². The number of hydrogen-bond donors (Lipinski definition) is 3. The molecule has 0 atom stereocenters. The minimum atomic E-state index is -1.42. The molecule has 3 aromatic heterocycles. The zero-order valence-corrected chi connectivity index (χ0v) is 22.3. The second-order valence-electron chi connectivity index (χ2n) is 9.42. The van der Waals surface area contributed by atoms with Crippen LogP contribution in [-0.4, -0.2) is 38.2 Å². The third kappa shape index (κ3) is 5.25. The molecular formula is C31H30FN5S. The fraction of sp³-hybridized carbons (Fsp3) is 0.0968. The van der Waals surface area contributed by atoms with Gasteiger partial charge < -0.3 is 4.98 Å². The van der Waals surface area contributed by atoms with E-state index >= 15 is 0 Å². The quantitative estimate of drug-likeness (QED) is 0.147. The van der Waals surface area contributed by atoms with Crippen LogP contribution in [0.4, 0.5) is 4.39 Å². The molecule has 0 bridgehead atoms. The molecular weight excluding hydrogens is 493 g/mol. The van der Waals surface area contributed by atoms with Gasteiger partial charge in [-0.05, 0) is 72.3 Å². The summed E-state index contributed by atoms with van der Waals surface area (Å²) in [6.45, 7) is 6.26. The number of nitrogens with one attached hydrogen (secondary N) is 3. The molecule has 192 valence electrons. The average molecular weight is 524 g/mol. The lowest BCUT2D eigenvalue weighted by atomic mass is 10.0. The third-order valence-corrected chi connectivity index (χ3v) is 7.12. The van der Waals surface area contributed by atoms with Crippen LogP contribution in [0, 0.1) is 5.82 Å². The van der Waals surface area contributed by atoms with E-state index in [4.69, 9.17) is 0 Å². The van der Waals surface area contributed by atoms with Crippen LogP contribution >= 0.6 is 9.39 Å². The lowest BCUT2D eigenvalue weighted by Crippen LogP contribution is -2.08. The number of nitrogens with zero attached hydrogens (tertiary/aromatic N) is 2. The summed E-state index contributed by atoms with van der Waals surface area (Å²) in [6.07, 6.45) is 11.5.